The fourth-order valence-corrected chi connectivity index (χ4v) is 3.41. The predicted molar refractivity (Wildman–Crippen MR) is 112 cm³/mol. The normalized spacial score (nSPS) is 11.5. The van der Waals surface area contributed by atoms with Gasteiger partial charge in [0.05, 0.1) is 17.9 Å². The lowest BCUT2D eigenvalue weighted by molar-refractivity contribution is 0.0594. The van der Waals surface area contributed by atoms with Crippen LogP contribution in [0.15, 0.2) is 31.8 Å². The minimum absolute atomic E-state index is 0.0596. The molecule has 1 amide bonds. The maximum Gasteiger partial charge on any atom is 0.359 e. The van der Waals surface area contributed by atoms with Gasteiger partial charge >= 0.3 is 11.6 Å². The molecule has 10 heteroatoms. The first-order valence-corrected chi connectivity index (χ1v) is 9.49. The van der Waals surface area contributed by atoms with Gasteiger partial charge in [0, 0.05) is 24.5 Å². The summed E-state index contributed by atoms with van der Waals surface area (Å²) in [6.45, 7) is 2.78. The van der Waals surface area contributed by atoms with E-state index in [4.69, 9.17) is 13.6 Å². The SMILES string of the molecule is COC(=O)c1nnc(C(=O)NCCN(C)C)c2oc3ccc4c(C)cc(=O)oc4c3c12. The standard InChI is InChI=1S/C21H20N4O6/c1-10-9-13(26)31-18-11(10)5-6-12-14(18)15-16(21(28)29-4)23-24-17(19(15)30-12)20(27)22-7-8-25(2)3/h5-6,9H,7-8H2,1-4H3,(H,22,27). The second-order valence-electron chi connectivity index (χ2n) is 7.32. The highest BCUT2D eigenvalue weighted by molar-refractivity contribution is 6.24. The Morgan fingerprint density at radius 3 is 2.55 bits per heavy atom. The number of rotatable bonds is 5. The molecule has 160 valence electrons. The van der Waals surface area contributed by atoms with Crippen LogP contribution in [0.2, 0.25) is 0 Å². The summed E-state index contributed by atoms with van der Waals surface area (Å²) in [6.07, 6.45) is 0. The average Bonchev–Trinajstić information content (AvgIpc) is 3.12. The number of esters is 1. The van der Waals surface area contributed by atoms with E-state index in [2.05, 4.69) is 15.5 Å². The number of carbonyl (C=O) groups is 2. The predicted octanol–water partition coefficient (Wildman–Crippen LogP) is 1.87. The molecule has 0 unspecified atom stereocenters. The van der Waals surface area contributed by atoms with Crippen molar-refractivity contribution in [2.24, 2.45) is 0 Å². The first kappa shape index (κ1) is 20.5. The van der Waals surface area contributed by atoms with Gasteiger partial charge in [-0.1, -0.05) is 0 Å². The average molecular weight is 424 g/mol. The van der Waals surface area contributed by atoms with E-state index in [0.29, 0.717) is 35.0 Å². The molecule has 0 saturated heterocycles. The zero-order valence-corrected chi connectivity index (χ0v) is 17.4. The number of carbonyl (C=O) groups excluding carboxylic acids is 2. The molecule has 3 aromatic heterocycles. The number of benzene rings is 1. The van der Waals surface area contributed by atoms with Crippen molar-refractivity contribution in [3.05, 3.63) is 45.6 Å². The highest BCUT2D eigenvalue weighted by atomic mass is 16.5. The molecule has 0 bridgehead atoms. The largest absolute Gasteiger partial charge is 0.464 e. The Morgan fingerprint density at radius 2 is 1.84 bits per heavy atom. The fourth-order valence-electron chi connectivity index (χ4n) is 3.41. The lowest BCUT2D eigenvalue weighted by Crippen LogP contribution is -2.32. The Morgan fingerprint density at radius 1 is 1.10 bits per heavy atom. The molecule has 31 heavy (non-hydrogen) atoms. The van der Waals surface area contributed by atoms with Gasteiger partial charge in [0.1, 0.15) is 5.58 Å². The summed E-state index contributed by atoms with van der Waals surface area (Å²) in [5, 5.41) is 11.8. The molecule has 10 nitrogen and oxygen atoms in total. The van der Waals surface area contributed by atoms with Crippen LogP contribution in [0.3, 0.4) is 0 Å². The lowest BCUT2D eigenvalue weighted by atomic mass is 10.1. The topological polar surface area (TPSA) is 128 Å². The van der Waals surface area contributed by atoms with E-state index < -0.39 is 17.5 Å². The molecular formula is C21H20N4O6. The number of nitrogens with one attached hydrogen (secondary N) is 1. The monoisotopic (exact) mass is 424 g/mol. The van der Waals surface area contributed by atoms with Crippen LogP contribution in [0.1, 0.15) is 26.5 Å². The van der Waals surface area contributed by atoms with Crippen LogP contribution < -0.4 is 10.9 Å². The maximum atomic E-state index is 12.8. The molecule has 0 fully saturated rings. The molecule has 0 aliphatic rings. The highest BCUT2D eigenvalue weighted by Crippen LogP contribution is 2.37. The van der Waals surface area contributed by atoms with Crippen LogP contribution in [0, 0.1) is 6.92 Å². The van der Waals surface area contributed by atoms with Crippen molar-refractivity contribution in [2.45, 2.75) is 6.92 Å². The maximum absolute atomic E-state index is 12.8. The van der Waals surface area contributed by atoms with Crippen LogP contribution in [0.4, 0.5) is 0 Å². The second-order valence-corrected chi connectivity index (χ2v) is 7.32. The summed E-state index contributed by atoms with van der Waals surface area (Å²) in [6, 6.07) is 4.80. The minimum atomic E-state index is -0.758. The van der Waals surface area contributed by atoms with Crippen LogP contribution in [0.5, 0.6) is 0 Å². The van der Waals surface area contributed by atoms with Crippen LogP contribution >= 0.6 is 0 Å². The van der Waals surface area contributed by atoms with Crippen molar-refractivity contribution in [2.75, 3.05) is 34.3 Å². The van der Waals surface area contributed by atoms with Crippen molar-refractivity contribution in [1.82, 2.24) is 20.4 Å². The van der Waals surface area contributed by atoms with Crippen molar-refractivity contribution < 1.29 is 23.2 Å². The molecule has 1 aromatic carbocycles. The van der Waals surface area contributed by atoms with Crippen LogP contribution in [0.25, 0.3) is 32.9 Å². The molecule has 0 aliphatic heterocycles. The van der Waals surface area contributed by atoms with E-state index in [9.17, 15) is 14.4 Å². The van der Waals surface area contributed by atoms with E-state index in [1.165, 1.54) is 13.2 Å². The summed E-state index contributed by atoms with van der Waals surface area (Å²) in [4.78, 5) is 39.1. The Balaban J connectivity index is 2.04. The van der Waals surface area contributed by atoms with E-state index in [-0.39, 0.29) is 27.9 Å². The molecular weight excluding hydrogens is 404 g/mol. The van der Waals surface area contributed by atoms with E-state index in [1.54, 1.807) is 19.1 Å². The van der Waals surface area contributed by atoms with Crippen LogP contribution in [-0.2, 0) is 4.74 Å². The minimum Gasteiger partial charge on any atom is -0.464 e. The summed E-state index contributed by atoms with van der Waals surface area (Å²) >= 11 is 0. The first-order chi connectivity index (χ1) is 14.8. The van der Waals surface area contributed by atoms with Gasteiger partial charge in [-0.2, -0.15) is 0 Å². The number of methoxy groups -OCH3 is 1. The third kappa shape index (κ3) is 3.50. The Hall–Kier alpha value is -3.79. The van der Waals surface area contributed by atoms with Gasteiger partial charge in [0.15, 0.2) is 22.6 Å². The second kappa shape index (κ2) is 7.80. The third-order valence-corrected chi connectivity index (χ3v) is 4.91. The van der Waals surface area contributed by atoms with Gasteiger partial charge < -0.3 is 23.8 Å². The molecule has 1 N–H and O–H groups in total. The molecule has 0 aliphatic carbocycles. The number of nitrogens with zero attached hydrogens (tertiary/aromatic N) is 3. The van der Waals surface area contributed by atoms with E-state index in [1.807, 2.05) is 19.0 Å². The number of ether oxygens (including phenoxy) is 1. The van der Waals surface area contributed by atoms with Gasteiger partial charge in [0.25, 0.3) is 5.91 Å². The molecule has 0 saturated carbocycles. The number of aromatic nitrogens is 2. The number of furan rings is 1. The number of likely N-dealkylation sites (N-methyl/N-ethyl adjacent to an activating group) is 1. The Bertz CT molecular complexity index is 1400. The van der Waals surface area contributed by atoms with Crippen LogP contribution in [-0.4, -0.2) is 61.3 Å². The molecule has 4 aromatic rings. The number of amides is 1. The molecule has 4 rings (SSSR count). The zero-order chi connectivity index (χ0) is 22.3. The van der Waals surface area contributed by atoms with E-state index in [0.717, 1.165) is 0 Å². The quantitative estimate of drug-likeness (QED) is 0.377. The smallest absolute Gasteiger partial charge is 0.359 e. The number of hydrogen-bond donors (Lipinski definition) is 1. The van der Waals surface area contributed by atoms with Gasteiger partial charge in [0.2, 0.25) is 0 Å². The van der Waals surface area contributed by atoms with Crippen molar-refractivity contribution in [3.63, 3.8) is 0 Å². The van der Waals surface area contributed by atoms with Gasteiger partial charge in [-0.3, -0.25) is 4.79 Å². The fraction of sp³-hybridized carbons (Fsp3) is 0.286. The number of hydrogen-bond acceptors (Lipinski definition) is 9. The number of fused-ring (bicyclic) bond motifs is 5. The summed E-state index contributed by atoms with van der Waals surface area (Å²) < 4.78 is 16.2. The Kier molecular flexibility index (Phi) is 5.15. The summed E-state index contributed by atoms with van der Waals surface area (Å²) in [7, 11) is 4.98. The molecule has 0 radical (unpaired) electrons. The molecule has 0 atom stereocenters. The van der Waals surface area contributed by atoms with E-state index >= 15 is 0 Å². The lowest BCUT2D eigenvalue weighted by Gasteiger charge is -2.10. The third-order valence-electron chi connectivity index (χ3n) is 4.91. The van der Waals surface area contributed by atoms with Crippen molar-refractivity contribution in [1.29, 1.82) is 0 Å². The summed E-state index contributed by atoms with van der Waals surface area (Å²) in [5.74, 6) is -1.26. The van der Waals surface area contributed by atoms with Gasteiger partial charge in [-0.25, -0.2) is 9.59 Å². The highest BCUT2D eigenvalue weighted by Gasteiger charge is 2.27. The van der Waals surface area contributed by atoms with Gasteiger partial charge in [-0.05, 0) is 38.7 Å². The molecule has 0 spiro atoms. The first-order valence-electron chi connectivity index (χ1n) is 9.49. The van der Waals surface area contributed by atoms with Gasteiger partial charge in [-0.15, -0.1) is 10.2 Å². The zero-order valence-electron chi connectivity index (χ0n) is 17.4. The molecule has 3 heterocycles. The van der Waals surface area contributed by atoms with Crippen molar-refractivity contribution >= 4 is 44.8 Å². The van der Waals surface area contributed by atoms with Crippen molar-refractivity contribution in [3.8, 4) is 0 Å². The number of aryl methyl sites for hydroxylation is 1. The Labute approximate surface area is 175 Å². The summed E-state index contributed by atoms with van der Waals surface area (Å²) in [5.41, 5.74) is 0.542.